The van der Waals surface area contributed by atoms with Crippen molar-refractivity contribution in [1.29, 1.82) is 0 Å². The van der Waals surface area contributed by atoms with Crippen LogP contribution in [0, 0.1) is 0 Å². The van der Waals surface area contributed by atoms with Gasteiger partial charge in [0.05, 0.1) is 12.4 Å². The van der Waals surface area contributed by atoms with Crippen LogP contribution in [-0.4, -0.2) is 43.0 Å². The molecule has 0 fully saturated rings. The highest BCUT2D eigenvalue weighted by molar-refractivity contribution is 8.23. The van der Waals surface area contributed by atoms with Crippen molar-refractivity contribution in [2.45, 2.75) is 13.2 Å². The summed E-state index contributed by atoms with van der Waals surface area (Å²) in [7, 11) is 2.83. The Morgan fingerprint density at radius 3 is 2.43 bits per heavy atom. The van der Waals surface area contributed by atoms with E-state index < -0.39 is 6.29 Å². The summed E-state index contributed by atoms with van der Waals surface area (Å²) in [6.45, 7) is 2.35. The second-order valence-corrected chi connectivity index (χ2v) is 3.82. The van der Waals surface area contributed by atoms with Gasteiger partial charge in [0.1, 0.15) is 0 Å². The first kappa shape index (κ1) is 13.8. The van der Waals surface area contributed by atoms with Gasteiger partial charge in [-0.25, -0.2) is 0 Å². The Bertz CT molecular complexity index is 192. The summed E-state index contributed by atoms with van der Waals surface area (Å²) in [6.07, 6.45) is -0.813. The monoisotopic (exact) mass is 238 g/mol. The number of carbonyl (C=O) groups excluding carboxylic acids is 1. The van der Waals surface area contributed by atoms with Crippen molar-refractivity contribution in [2.24, 2.45) is 0 Å². The van der Waals surface area contributed by atoms with Gasteiger partial charge in [0.25, 0.3) is 0 Å². The maximum atomic E-state index is 11.3. The molecule has 0 aliphatic rings. The summed E-state index contributed by atoms with van der Waals surface area (Å²) in [4.78, 5) is 11.3. The van der Waals surface area contributed by atoms with E-state index in [1.54, 1.807) is 0 Å². The second kappa shape index (κ2) is 8.16. The summed E-state index contributed by atoms with van der Waals surface area (Å²) in [6, 6.07) is 0. The molecule has 0 spiro atoms. The van der Waals surface area contributed by atoms with Gasteiger partial charge in [-0.15, -0.1) is 0 Å². The quantitative estimate of drug-likeness (QED) is 0.512. The molecule has 0 rings (SSSR count). The van der Waals surface area contributed by atoms with Gasteiger partial charge in [-0.2, -0.15) is 0 Å². The fourth-order valence-electron chi connectivity index (χ4n) is 0.717. The topological polar surface area (TPSA) is 44.8 Å². The van der Waals surface area contributed by atoms with Crippen molar-refractivity contribution in [3.63, 3.8) is 0 Å². The van der Waals surface area contributed by atoms with Gasteiger partial charge in [0.15, 0.2) is 5.78 Å². The number of rotatable bonds is 6. The molecule has 0 unspecified atom stereocenters. The Labute approximate surface area is 93.3 Å². The van der Waals surface area contributed by atoms with E-state index in [2.05, 4.69) is 0 Å². The third kappa shape index (κ3) is 5.54. The number of methoxy groups -OCH3 is 2. The van der Waals surface area contributed by atoms with Crippen LogP contribution in [0.25, 0.3) is 0 Å². The molecule has 0 N–H and O–H groups in total. The van der Waals surface area contributed by atoms with Crippen molar-refractivity contribution in [3.8, 4) is 0 Å². The molecule has 0 amide bonds. The molecule has 0 saturated heterocycles. The first-order valence-corrected chi connectivity index (χ1v) is 5.42. The lowest BCUT2D eigenvalue weighted by Gasteiger charge is -2.11. The summed E-state index contributed by atoms with van der Waals surface area (Å²) in [5.41, 5.74) is 0. The predicted molar refractivity (Wildman–Crippen MR) is 59.5 cm³/mol. The van der Waals surface area contributed by atoms with E-state index in [0.29, 0.717) is 11.0 Å². The molecule has 0 atom stereocenters. The average Bonchev–Trinajstić information content (AvgIpc) is 2.17. The van der Waals surface area contributed by atoms with Crippen molar-refractivity contribution in [1.82, 2.24) is 0 Å². The van der Waals surface area contributed by atoms with Crippen LogP contribution in [0.2, 0.25) is 0 Å². The number of thioether (sulfide) groups is 1. The van der Waals surface area contributed by atoms with Gasteiger partial charge >= 0.3 is 0 Å². The molecule has 0 aromatic rings. The fourth-order valence-corrected chi connectivity index (χ4v) is 1.61. The van der Waals surface area contributed by atoms with Gasteiger partial charge in [0, 0.05) is 14.2 Å². The normalized spacial score (nSPS) is 10.3. The van der Waals surface area contributed by atoms with Crippen molar-refractivity contribution in [2.75, 3.05) is 26.6 Å². The minimum Gasteiger partial charge on any atom is -0.479 e. The zero-order valence-corrected chi connectivity index (χ0v) is 10.1. The van der Waals surface area contributed by atoms with Crippen LogP contribution in [0.4, 0.5) is 0 Å². The Hall–Kier alpha value is -0.170. The summed E-state index contributed by atoms with van der Waals surface area (Å²) in [5.74, 6) is 0.0348. The van der Waals surface area contributed by atoms with E-state index in [9.17, 15) is 4.79 Å². The van der Waals surface area contributed by atoms with E-state index in [1.807, 2.05) is 6.92 Å². The predicted octanol–water partition coefficient (Wildman–Crippen LogP) is 1.23. The van der Waals surface area contributed by atoms with E-state index >= 15 is 0 Å². The maximum Gasteiger partial charge on any atom is 0.220 e. The molecule has 0 saturated carbocycles. The smallest absolute Gasteiger partial charge is 0.220 e. The molecule has 6 heteroatoms. The zero-order chi connectivity index (χ0) is 11.0. The lowest BCUT2D eigenvalue weighted by molar-refractivity contribution is -0.153. The van der Waals surface area contributed by atoms with E-state index in [0.717, 1.165) is 0 Å². The van der Waals surface area contributed by atoms with Crippen LogP contribution < -0.4 is 0 Å². The molecule has 82 valence electrons. The van der Waals surface area contributed by atoms with Gasteiger partial charge in [-0.1, -0.05) is 11.8 Å². The average molecular weight is 238 g/mol. The third-order valence-corrected chi connectivity index (χ3v) is 2.54. The Morgan fingerprint density at radius 1 is 1.43 bits per heavy atom. The Balaban J connectivity index is 3.77. The fraction of sp³-hybridized carbons (Fsp3) is 0.750. The SMILES string of the molecule is CCOC(=S)SCC(=O)C(OC)OC. The number of ether oxygens (including phenoxy) is 3. The van der Waals surface area contributed by atoms with Gasteiger partial charge in [-0.05, 0) is 19.1 Å². The molecule has 0 aliphatic heterocycles. The highest BCUT2D eigenvalue weighted by Crippen LogP contribution is 2.08. The van der Waals surface area contributed by atoms with E-state index in [-0.39, 0.29) is 11.5 Å². The molecule has 0 heterocycles. The molecule has 0 aromatic heterocycles. The number of carbonyl (C=O) groups is 1. The number of Topliss-reactive ketones (excluding diaryl/α,β-unsaturated/α-hetero) is 1. The highest BCUT2D eigenvalue weighted by atomic mass is 32.2. The van der Waals surface area contributed by atoms with Gasteiger partial charge < -0.3 is 14.2 Å². The second-order valence-electron chi connectivity index (χ2n) is 2.24. The van der Waals surface area contributed by atoms with Crippen LogP contribution in [0.15, 0.2) is 0 Å². The lowest BCUT2D eigenvalue weighted by Crippen LogP contribution is -2.27. The van der Waals surface area contributed by atoms with E-state index in [4.69, 9.17) is 26.4 Å². The van der Waals surface area contributed by atoms with Crippen LogP contribution in [0.5, 0.6) is 0 Å². The minimum absolute atomic E-state index is 0.165. The van der Waals surface area contributed by atoms with Crippen LogP contribution in [0.1, 0.15) is 6.92 Å². The van der Waals surface area contributed by atoms with Crippen LogP contribution >= 0.6 is 24.0 Å². The Kier molecular flexibility index (Phi) is 8.07. The Morgan fingerprint density at radius 2 is 2.00 bits per heavy atom. The summed E-state index contributed by atoms with van der Waals surface area (Å²) >= 11 is 6.01. The molecular weight excluding hydrogens is 224 g/mol. The largest absolute Gasteiger partial charge is 0.479 e. The number of thiocarbonyl (C=S) groups is 1. The summed E-state index contributed by atoms with van der Waals surface area (Å²) < 4.78 is 14.9. The third-order valence-electron chi connectivity index (χ3n) is 1.29. The molecule has 0 radical (unpaired) electrons. The van der Waals surface area contributed by atoms with E-state index in [1.165, 1.54) is 26.0 Å². The number of hydrogen-bond donors (Lipinski definition) is 0. The molecule has 0 bridgehead atoms. The van der Waals surface area contributed by atoms with Gasteiger partial charge in [0.2, 0.25) is 10.7 Å². The van der Waals surface area contributed by atoms with Crippen LogP contribution in [-0.2, 0) is 19.0 Å². The van der Waals surface area contributed by atoms with Crippen molar-refractivity contribution >= 4 is 34.1 Å². The highest BCUT2D eigenvalue weighted by Gasteiger charge is 2.17. The standard InChI is InChI=1S/C8H14O4S2/c1-4-12-8(13)14-5-6(9)7(10-2)11-3/h7H,4-5H2,1-3H3. The first-order chi connectivity index (χ1) is 6.65. The van der Waals surface area contributed by atoms with Crippen molar-refractivity contribution in [3.05, 3.63) is 0 Å². The van der Waals surface area contributed by atoms with Gasteiger partial charge in [-0.3, -0.25) is 4.79 Å². The number of ketones is 1. The molecule has 4 nitrogen and oxygen atoms in total. The molecule has 14 heavy (non-hydrogen) atoms. The lowest BCUT2D eigenvalue weighted by atomic mass is 10.4. The summed E-state index contributed by atoms with van der Waals surface area (Å²) in [5, 5.41) is 0. The maximum absolute atomic E-state index is 11.3. The minimum atomic E-state index is -0.813. The van der Waals surface area contributed by atoms with Crippen LogP contribution in [0.3, 0.4) is 0 Å². The first-order valence-electron chi connectivity index (χ1n) is 4.03. The van der Waals surface area contributed by atoms with Crippen molar-refractivity contribution < 1.29 is 19.0 Å². The zero-order valence-electron chi connectivity index (χ0n) is 8.44. The molecule has 0 aliphatic carbocycles. The molecular formula is C8H14O4S2. The number of hydrogen-bond acceptors (Lipinski definition) is 6. The molecule has 0 aromatic carbocycles.